The van der Waals surface area contributed by atoms with Crippen molar-refractivity contribution in [3.05, 3.63) is 58.1 Å². The third-order valence-electron chi connectivity index (χ3n) is 2.64. The zero-order valence-electron chi connectivity index (χ0n) is 9.42. The number of para-hydroxylation sites is 1. The minimum Gasteiger partial charge on any atom is -0.355 e. The minimum atomic E-state index is 1.10. The lowest BCUT2D eigenvalue weighted by Crippen LogP contribution is -1.93. The summed E-state index contributed by atoms with van der Waals surface area (Å²) in [6, 6.07) is 14.5. The van der Waals surface area contributed by atoms with E-state index < -0.39 is 0 Å². The Labute approximate surface area is 105 Å². The molecule has 0 heterocycles. The Kier molecular flexibility index (Phi) is 3.30. The molecular weight excluding hydrogens is 262 g/mol. The highest BCUT2D eigenvalue weighted by atomic mass is 79.9. The summed E-state index contributed by atoms with van der Waals surface area (Å²) in [5, 5.41) is 3.39. The molecule has 16 heavy (non-hydrogen) atoms. The van der Waals surface area contributed by atoms with Crippen LogP contribution in [0.1, 0.15) is 11.1 Å². The zero-order chi connectivity index (χ0) is 11.5. The maximum atomic E-state index is 3.58. The van der Waals surface area contributed by atoms with Crippen LogP contribution in [0.5, 0.6) is 0 Å². The van der Waals surface area contributed by atoms with Crippen LogP contribution < -0.4 is 5.32 Å². The van der Waals surface area contributed by atoms with Gasteiger partial charge in [-0.25, -0.2) is 0 Å². The van der Waals surface area contributed by atoms with Crippen molar-refractivity contribution < 1.29 is 0 Å². The van der Waals surface area contributed by atoms with Crippen LogP contribution in [0, 0.1) is 13.8 Å². The Morgan fingerprint density at radius 1 is 0.938 bits per heavy atom. The van der Waals surface area contributed by atoms with Crippen molar-refractivity contribution in [2.24, 2.45) is 0 Å². The standard InChI is InChI=1S/C14H14BrN/c1-10-8-13(15)14(9-11(10)2)16-12-6-4-3-5-7-12/h3-9,16H,1-2H3. The van der Waals surface area contributed by atoms with Crippen molar-refractivity contribution >= 4 is 27.3 Å². The van der Waals surface area contributed by atoms with Crippen LogP contribution in [0.25, 0.3) is 0 Å². The second-order valence-electron chi connectivity index (χ2n) is 3.91. The van der Waals surface area contributed by atoms with Crippen LogP contribution in [0.3, 0.4) is 0 Å². The highest BCUT2D eigenvalue weighted by molar-refractivity contribution is 9.10. The molecule has 0 saturated heterocycles. The van der Waals surface area contributed by atoms with Crippen LogP contribution in [0.15, 0.2) is 46.9 Å². The number of anilines is 2. The van der Waals surface area contributed by atoms with E-state index in [1.165, 1.54) is 11.1 Å². The van der Waals surface area contributed by atoms with E-state index in [1.54, 1.807) is 0 Å². The van der Waals surface area contributed by atoms with Crippen molar-refractivity contribution in [3.63, 3.8) is 0 Å². The summed E-state index contributed by atoms with van der Waals surface area (Å²) in [7, 11) is 0. The van der Waals surface area contributed by atoms with E-state index in [2.05, 4.69) is 59.4 Å². The first kappa shape index (κ1) is 11.2. The first-order valence-corrected chi connectivity index (χ1v) is 6.05. The highest BCUT2D eigenvalue weighted by Gasteiger charge is 2.02. The Morgan fingerprint density at radius 2 is 1.56 bits per heavy atom. The largest absolute Gasteiger partial charge is 0.355 e. The number of aryl methyl sites for hydroxylation is 2. The summed E-state index contributed by atoms with van der Waals surface area (Å²) in [6.07, 6.45) is 0. The van der Waals surface area contributed by atoms with E-state index in [0.29, 0.717) is 0 Å². The molecule has 0 saturated carbocycles. The number of hydrogen-bond acceptors (Lipinski definition) is 1. The topological polar surface area (TPSA) is 12.0 Å². The van der Waals surface area contributed by atoms with Gasteiger partial charge < -0.3 is 5.32 Å². The van der Waals surface area contributed by atoms with E-state index in [4.69, 9.17) is 0 Å². The lowest BCUT2D eigenvalue weighted by atomic mass is 10.1. The van der Waals surface area contributed by atoms with Crippen LogP contribution in [0.2, 0.25) is 0 Å². The smallest absolute Gasteiger partial charge is 0.0531 e. The zero-order valence-corrected chi connectivity index (χ0v) is 11.0. The van der Waals surface area contributed by atoms with Crippen molar-refractivity contribution in [1.29, 1.82) is 0 Å². The SMILES string of the molecule is Cc1cc(Br)c(Nc2ccccc2)cc1C. The molecule has 0 aliphatic carbocycles. The number of rotatable bonds is 2. The monoisotopic (exact) mass is 275 g/mol. The predicted octanol–water partition coefficient (Wildman–Crippen LogP) is 4.81. The summed E-state index contributed by atoms with van der Waals surface area (Å²) in [5.74, 6) is 0. The van der Waals surface area contributed by atoms with Crippen molar-refractivity contribution in [2.75, 3.05) is 5.32 Å². The molecule has 1 N–H and O–H groups in total. The first-order valence-electron chi connectivity index (χ1n) is 5.25. The first-order chi connectivity index (χ1) is 7.66. The van der Waals surface area contributed by atoms with Gasteiger partial charge in [-0.05, 0) is 65.2 Å². The van der Waals surface area contributed by atoms with Crippen LogP contribution in [0.4, 0.5) is 11.4 Å². The third-order valence-corrected chi connectivity index (χ3v) is 3.29. The van der Waals surface area contributed by atoms with Crippen LogP contribution >= 0.6 is 15.9 Å². The summed E-state index contributed by atoms with van der Waals surface area (Å²) in [4.78, 5) is 0. The van der Waals surface area contributed by atoms with E-state index in [-0.39, 0.29) is 0 Å². The maximum Gasteiger partial charge on any atom is 0.0531 e. The molecule has 0 spiro atoms. The Balaban J connectivity index is 2.32. The van der Waals surface area contributed by atoms with Gasteiger partial charge in [0.15, 0.2) is 0 Å². The number of nitrogens with one attached hydrogen (secondary N) is 1. The Hall–Kier alpha value is -1.28. The molecule has 0 amide bonds. The van der Waals surface area contributed by atoms with Gasteiger partial charge in [-0.2, -0.15) is 0 Å². The van der Waals surface area contributed by atoms with Gasteiger partial charge in [-0.15, -0.1) is 0 Å². The summed E-state index contributed by atoms with van der Waals surface area (Å²) >= 11 is 3.58. The van der Waals surface area contributed by atoms with Gasteiger partial charge in [0.1, 0.15) is 0 Å². The molecule has 1 nitrogen and oxygen atoms in total. The fourth-order valence-electron chi connectivity index (χ4n) is 1.55. The van der Waals surface area contributed by atoms with Crippen molar-refractivity contribution in [3.8, 4) is 0 Å². The molecular formula is C14H14BrN. The fraction of sp³-hybridized carbons (Fsp3) is 0.143. The molecule has 82 valence electrons. The number of halogens is 1. The van der Waals surface area contributed by atoms with E-state index in [1.807, 2.05) is 18.2 Å². The molecule has 2 aromatic carbocycles. The van der Waals surface area contributed by atoms with Crippen LogP contribution in [-0.4, -0.2) is 0 Å². The maximum absolute atomic E-state index is 3.58. The predicted molar refractivity (Wildman–Crippen MR) is 73.3 cm³/mol. The van der Waals surface area contributed by atoms with E-state index in [0.717, 1.165) is 15.8 Å². The van der Waals surface area contributed by atoms with Crippen molar-refractivity contribution in [2.45, 2.75) is 13.8 Å². The van der Waals surface area contributed by atoms with Crippen molar-refractivity contribution in [1.82, 2.24) is 0 Å². The van der Waals surface area contributed by atoms with Gasteiger partial charge in [0.2, 0.25) is 0 Å². The molecule has 2 rings (SSSR count). The quantitative estimate of drug-likeness (QED) is 0.830. The molecule has 2 heteroatoms. The van der Waals surface area contributed by atoms with Gasteiger partial charge >= 0.3 is 0 Å². The molecule has 0 atom stereocenters. The van der Waals surface area contributed by atoms with Gasteiger partial charge in [0.25, 0.3) is 0 Å². The molecule has 0 fully saturated rings. The number of hydrogen-bond donors (Lipinski definition) is 1. The summed E-state index contributed by atoms with van der Waals surface area (Å²) < 4.78 is 1.10. The van der Waals surface area contributed by atoms with Gasteiger partial charge in [0, 0.05) is 10.2 Å². The molecule has 0 radical (unpaired) electrons. The summed E-state index contributed by atoms with van der Waals surface area (Å²) in [6.45, 7) is 4.24. The third kappa shape index (κ3) is 2.45. The highest BCUT2D eigenvalue weighted by Crippen LogP contribution is 2.28. The summed E-state index contributed by atoms with van der Waals surface area (Å²) in [5.41, 5.74) is 4.80. The van der Waals surface area contributed by atoms with Gasteiger partial charge in [-0.3, -0.25) is 0 Å². The lowest BCUT2D eigenvalue weighted by molar-refractivity contribution is 1.32. The van der Waals surface area contributed by atoms with E-state index >= 15 is 0 Å². The lowest BCUT2D eigenvalue weighted by Gasteiger charge is -2.11. The molecule has 2 aromatic rings. The molecule has 0 unspecified atom stereocenters. The minimum absolute atomic E-state index is 1.10. The molecule has 0 bridgehead atoms. The van der Waals surface area contributed by atoms with E-state index in [9.17, 15) is 0 Å². The normalized spacial score (nSPS) is 10.2. The fourth-order valence-corrected chi connectivity index (χ4v) is 2.11. The second kappa shape index (κ2) is 4.71. The average Bonchev–Trinajstić information content (AvgIpc) is 2.27. The molecule has 0 aromatic heterocycles. The molecule has 0 aliphatic heterocycles. The number of benzene rings is 2. The average molecular weight is 276 g/mol. The molecule has 0 aliphatic rings. The van der Waals surface area contributed by atoms with Crippen LogP contribution in [-0.2, 0) is 0 Å². The van der Waals surface area contributed by atoms with Gasteiger partial charge in [0.05, 0.1) is 5.69 Å². The van der Waals surface area contributed by atoms with Gasteiger partial charge in [-0.1, -0.05) is 18.2 Å². The Bertz CT molecular complexity index is 492. The Morgan fingerprint density at radius 3 is 2.25 bits per heavy atom. The second-order valence-corrected chi connectivity index (χ2v) is 4.76.